The number of nitrogens with one attached hydrogen (secondary N) is 2. The maximum absolute atomic E-state index is 13.7. The minimum atomic E-state index is -0.422. The molecule has 0 saturated carbocycles. The molecule has 1 aromatic rings. The third-order valence-electron chi connectivity index (χ3n) is 3.15. The predicted molar refractivity (Wildman–Crippen MR) is 64.4 cm³/mol. The normalized spacial score (nSPS) is 19.3. The van der Waals surface area contributed by atoms with Crippen LogP contribution in [-0.2, 0) is 0 Å². The number of aryl methyl sites for hydroxylation is 1. The van der Waals surface area contributed by atoms with Gasteiger partial charge in [-0.2, -0.15) is 0 Å². The highest BCUT2D eigenvalue weighted by atomic mass is 19.1. The van der Waals surface area contributed by atoms with Gasteiger partial charge in [0, 0.05) is 6.54 Å². The van der Waals surface area contributed by atoms with Crippen molar-refractivity contribution in [2.45, 2.75) is 13.3 Å². The third-order valence-corrected chi connectivity index (χ3v) is 3.15. The Morgan fingerprint density at radius 2 is 2.41 bits per heavy atom. The summed E-state index contributed by atoms with van der Waals surface area (Å²) in [6.45, 7) is 4.20. The van der Waals surface area contributed by atoms with E-state index in [1.165, 1.54) is 6.07 Å². The third kappa shape index (κ3) is 2.82. The highest BCUT2D eigenvalue weighted by molar-refractivity contribution is 5.94. The summed E-state index contributed by atoms with van der Waals surface area (Å²) in [7, 11) is 0. The molecular formula is C13H17FN2O. The van der Waals surface area contributed by atoms with E-state index in [9.17, 15) is 9.18 Å². The van der Waals surface area contributed by atoms with Crippen LogP contribution in [0.4, 0.5) is 4.39 Å². The van der Waals surface area contributed by atoms with Crippen LogP contribution in [0.1, 0.15) is 22.3 Å². The smallest absolute Gasteiger partial charge is 0.254 e. The molecule has 0 spiro atoms. The van der Waals surface area contributed by atoms with Crippen molar-refractivity contribution in [3.8, 4) is 0 Å². The van der Waals surface area contributed by atoms with Crippen LogP contribution in [0.2, 0.25) is 0 Å². The molecule has 1 aliphatic heterocycles. The number of benzene rings is 1. The number of rotatable bonds is 3. The Labute approximate surface area is 100 Å². The lowest BCUT2D eigenvalue weighted by molar-refractivity contribution is 0.0944. The molecule has 1 amide bonds. The Hall–Kier alpha value is -1.42. The monoisotopic (exact) mass is 236 g/mol. The number of hydrogen-bond donors (Lipinski definition) is 2. The van der Waals surface area contributed by atoms with Crippen LogP contribution in [0.15, 0.2) is 18.2 Å². The van der Waals surface area contributed by atoms with E-state index in [1.54, 1.807) is 19.1 Å². The quantitative estimate of drug-likeness (QED) is 0.834. The molecule has 1 atom stereocenters. The maximum Gasteiger partial charge on any atom is 0.254 e. The molecule has 0 aliphatic carbocycles. The van der Waals surface area contributed by atoms with Gasteiger partial charge in [0.05, 0.1) is 5.56 Å². The van der Waals surface area contributed by atoms with Crippen LogP contribution in [0, 0.1) is 18.7 Å². The lowest BCUT2D eigenvalue weighted by Gasteiger charge is -2.11. The first-order valence-corrected chi connectivity index (χ1v) is 5.92. The number of hydrogen-bond acceptors (Lipinski definition) is 2. The van der Waals surface area contributed by atoms with Crippen molar-refractivity contribution in [1.82, 2.24) is 10.6 Å². The molecule has 3 nitrogen and oxygen atoms in total. The molecule has 1 aliphatic rings. The van der Waals surface area contributed by atoms with Crippen molar-refractivity contribution in [1.29, 1.82) is 0 Å². The molecule has 4 heteroatoms. The van der Waals surface area contributed by atoms with Crippen molar-refractivity contribution >= 4 is 5.91 Å². The maximum atomic E-state index is 13.7. The fraction of sp³-hybridized carbons (Fsp3) is 0.462. The Bertz CT molecular complexity index is 414. The molecule has 1 aromatic carbocycles. The van der Waals surface area contributed by atoms with Gasteiger partial charge in [0.1, 0.15) is 5.82 Å². The molecule has 0 aromatic heterocycles. The molecular weight excluding hydrogens is 219 g/mol. The average molecular weight is 236 g/mol. The zero-order chi connectivity index (χ0) is 12.3. The van der Waals surface area contributed by atoms with Crippen molar-refractivity contribution in [3.05, 3.63) is 35.1 Å². The van der Waals surface area contributed by atoms with Crippen molar-refractivity contribution in [2.75, 3.05) is 19.6 Å². The zero-order valence-electron chi connectivity index (χ0n) is 9.92. The molecule has 2 N–H and O–H groups in total. The van der Waals surface area contributed by atoms with Crippen LogP contribution in [0.5, 0.6) is 0 Å². The van der Waals surface area contributed by atoms with Gasteiger partial charge in [-0.25, -0.2) is 4.39 Å². The van der Waals surface area contributed by atoms with E-state index >= 15 is 0 Å². The first-order valence-electron chi connectivity index (χ1n) is 5.92. The number of carbonyl (C=O) groups is 1. The van der Waals surface area contributed by atoms with Gasteiger partial charge >= 0.3 is 0 Å². The predicted octanol–water partition coefficient (Wildman–Crippen LogP) is 1.47. The van der Waals surface area contributed by atoms with Crippen molar-refractivity contribution in [3.63, 3.8) is 0 Å². The second kappa shape index (κ2) is 5.27. The number of halogens is 1. The second-order valence-electron chi connectivity index (χ2n) is 4.51. The minimum Gasteiger partial charge on any atom is -0.352 e. The van der Waals surface area contributed by atoms with E-state index in [-0.39, 0.29) is 11.5 Å². The van der Waals surface area contributed by atoms with Gasteiger partial charge < -0.3 is 10.6 Å². The first-order chi connectivity index (χ1) is 8.18. The molecule has 0 bridgehead atoms. The summed E-state index contributed by atoms with van der Waals surface area (Å²) in [5, 5.41) is 6.02. The molecule has 92 valence electrons. The lowest BCUT2D eigenvalue weighted by Crippen LogP contribution is -2.30. The Kier molecular flexibility index (Phi) is 3.74. The van der Waals surface area contributed by atoms with E-state index in [1.807, 2.05) is 0 Å². The average Bonchev–Trinajstić information content (AvgIpc) is 2.82. The summed E-state index contributed by atoms with van der Waals surface area (Å²) in [5.74, 6) is -0.278. The second-order valence-corrected chi connectivity index (χ2v) is 4.51. The summed E-state index contributed by atoms with van der Waals surface area (Å²) in [6.07, 6.45) is 1.07. The molecule has 1 saturated heterocycles. The molecule has 0 radical (unpaired) electrons. The zero-order valence-corrected chi connectivity index (χ0v) is 9.92. The molecule has 17 heavy (non-hydrogen) atoms. The summed E-state index contributed by atoms with van der Waals surface area (Å²) in [6, 6.07) is 4.88. The van der Waals surface area contributed by atoms with E-state index < -0.39 is 5.82 Å². The molecule has 1 heterocycles. The standard InChI is InChI=1S/C13H17FN2O/c1-9-3-2-4-11(12(9)14)13(17)16-8-10-5-6-15-7-10/h2-4,10,15H,5-8H2,1H3,(H,16,17). The van der Waals surface area contributed by atoms with Gasteiger partial charge in [0.15, 0.2) is 0 Å². The SMILES string of the molecule is Cc1cccc(C(=O)NCC2CCNC2)c1F. The van der Waals surface area contributed by atoms with Crippen molar-refractivity contribution < 1.29 is 9.18 Å². The van der Waals surface area contributed by atoms with E-state index in [0.717, 1.165) is 19.5 Å². The Balaban J connectivity index is 1.97. The van der Waals surface area contributed by atoms with Gasteiger partial charge in [-0.15, -0.1) is 0 Å². The van der Waals surface area contributed by atoms with Crippen LogP contribution in [0.25, 0.3) is 0 Å². The van der Waals surface area contributed by atoms with E-state index in [4.69, 9.17) is 0 Å². The number of amides is 1. The van der Waals surface area contributed by atoms with Crippen molar-refractivity contribution in [2.24, 2.45) is 5.92 Å². The molecule has 1 fully saturated rings. The van der Waals surface area contributed by atoms with E-state index in [2.05, 4.69) is 10.6 Å². The van der Waals surface area contributed by atoms with Gasteiger partial charge in [-0.05, 0) is 44.0 Å². The lowest BCUT2D eigenvalue weighted by atomic mass is 10.1. The topological polar surface area (TPSA) is 41.1 Å². The largest absolute Gasteiger partial charge is 0.352 e. The minimum absolute atomic E-state index is 0.135. The Morgan fingerprint density at radius 3 is 3.12 bits per heavy atom. The van der Waals surface area contributed by atoms with Crippen LogP contribution < -0.4 is 10.6 Å². The van der Waals surface area contributed by atoms with Gasteiger partial charge in [-0.3, -0.25) is 4.79 Å². The van der Waals surface area contributed by atoms with E-state index in [0.29, 0.717) is 18.0 Å². The summed E-state index contributed by atoms with van der Waals surface area (Å²) < 4.78 is 13.7. The fourth-order valence-corrected chi connectivity index (χ4v) is 2.04. The number of carbonyl (C=O) groups excluding carboxylic acids is 1. The van der Waals surface area contributed by atoms with Gasteiger partial charge in [0.2, 0.25) is 0 Å². The highest BCUT2D eigenvalue weighted by Crippen LogP contribution is 2.12. The molecule has 1 unspecified atom stereocenters. The van der Waals surface area contributed by atoms with Crippen LogP contribution in [0.3, 0.4) is 0 Å². The summed E-state index contributed by atoms with van der Waals surface area (Å²) in [4.78, 5) is 11.8. The highest BCUT2D eigenvalue weighted by Gasteiger charge is 2.17. The Morgan fingerprint density at radius 1 is 1.59 bits per heavy atom. The van der Waals surface area contributed by atoms with Crippen LogP contribution in [-0.4, -0.2) is 25.5 Å². The van der Waals surface area contributed by atoms with Crippen LogP contribution >= 0.6 is 0 Å². The summed E-state index contributed by atoms with van der Waals surface area (Å²) in [5.41, 5.74) is 0.635. The molecule has 2 rings (SSSR count). The fourth-order valence-electron chi connectivity index (χ4n) is 2.04. The van der Waals surface area contributed by atoms with Gasteiger partial charge in [0.25, 0.3) is 5.91 Å². The first kappa shape index (κ1) is 12.0. The summed E-state index contributed by atoms with van der Waals surface area (Å²) >= 11 is 0. The van der Waals surface area contributed by atoms with Gasteiger partial charge in [-0.1, -0.05) is 12.1 Å².